The van der Waals surface area contributed by atoms with Crippen LogP contribution in [0, 0.1) is 6.92 Å². The molecule has 1 aromatic rings. The second-order valence-electron chi connectivity index (χ2n) is 2.51. The standard InChI is InChI=1S/C8H8O4S2/c1-3-4(7(9)10)5(12-2)6(14-3)8(11)13/h1-2H3,(H,9,10)(H,11,13). The van der Waals surface area contributed by atoms with Crippen molar-refractivity contribution in [2.24, 2.45) is 0 Å². The number of carboxylic acid groups (broad SMARTS) is 1. The second-order valence-corrected chi connectivity index (χ2v) is 4.12. The van der Waals surface area contributed by atoms with E-state index in [0.29, 0.717) is 4.88 Å². The van der Waals surface area contributed by atoms with Gasteiger partial charge >= 0.3 is 5.97 Å². The summed E-state index contributed by atoms with van der Waals surface area (Å²) in [6, 6.07) is 0. The first-order valence-corrected chi connectivity index (χ1v) is 4.85. The number of methoxy groups -OCH3 is 1. The van der Waals surface area contributed by atoms with Crippen LogP contribution in [0.5, 0.6) is 5.75 Å². The van der Waals surface area contributed by atoms with Gasteiger partial charge in [-0.25, -0.2) is 4.79 Å². The summed E-state index contributed by atoms with van der Waals surface area (Å²) in [7, 11) is 1.34. The van der Waals surface area contributed by atoms with E-state index in [0.717, 1.165) is 11.3 Å². The zero-order chi connectivity index (χ0) is 10.9. The maximum absolute atomic E-state index is 10.8. The van der Waals surface area contributed by atoms with Crippen LogP contribution in [0.3, 0.4) is 0 Å². The van der Waals surface area contributed by atoms with E-state index in [1.165, 1.54) is 7.11 Å². The molecule has 0 aliphatic carbocycles. The lowest BCUT2D eigenvalue weighted by atomic mass is 10.2. The number of rotatable bonds is 3. The van der Waals surface area contributed by atoms with Gasteiger partial charge in [0.25, 0.3) is 0 Å². The number of carbonyl (C=O) groups is 1. The Morgan fingerprint density at radius 2 is 2.07 bits per heavy atom. The fourth-order valence-electron chi connectivity index (χ4n) is 1.11. The Morgan fingerprint density at radius 3 is 2.43 bits per heavy atom. The van der Waals surface area contributed by atoms with Gasteiger partial charge in [0.15, 0.2) is 5.75 Å². The van der Waals surface area contributed by atoms with Gasteiger partial charge in [-0.05, 0) is 19.1 Å². The number of carboxylic acids is 1. The molecule has 0 bridgehead atoms. The molecule has 0 amide bonds. The lowest BCUT2D eigenvalue weighted by molar-refractivity contribution is 0.0693. The van der Waals surface area contributed by atoms with Crippen molar-refractivity contribution in [3.8, 4) is 5.75 Å². The highest BCUT2D eigenvalue weighted by atomic mass is 32.1. The van der Waals surface area contributed by atoms with E-state index in [-0.39, 0.29) is 21.2 Å². The minimum absolute atomic E-state index is 0.0592. The Hall–Kier alpha value is -1.14. The molecule has 2 N–H and O–H groups in total. The number of aryl methyl sites for hydroxylation is 1. The molecule has 0 unspecified atom stereocenters. The van der Waals surface area contributed by atoms with E-state index >= 15 is 0 Å². The van der Waals surface area contributed by atoms with E-state index in [1.54, 1.807) is 6.92 Å². The van der Waals surface area contributed by atoms with Crippen molar-refractivity contribution in [1.82, 2.24) is 0 Å². The Labute approximate surface area is 89.8 Å². The molecule has 1 heterocycles. The monoisotopic (exact) mass is 232 g/mol. The summed E-state index contributed by atoms with van der Waals surface area (Å²) in [6.07, 6.45) is 0. The molecule has 0 saturated carbocycles. The highest BCUT2D eigenvalue weighted by molar-refractivity contribution is 7.80. The molecule has 0 fully saturated rings. The number of hydrogen-bond donors (Lipinski definition) is 2. The molecule has 14 heavy (non-hydrogen) atoms. The van der Waals surface area contributed by atoms with Crippen LogP contribution in [-0.2, 0) is 0 Å². The average molecular weight is 232 g/mol. The second kappa shape index (κ2) is 3.93. The summed E-state index contributed by atoms with van der Waals surface area (Å²) >= 11 is 5.67. The van der Waals surface area contributed by atoms with Gasteiger partial charge in [-0.2, -0.15) is 0 Å². The minimum Gasteiger partial charge on any atom is -0.498 e. The Balaban J connectivity index is 3.43. The molecule has 1 aromatic heterocycles. The molecule has 0 aliphatic rings. The van der Waals surface area contributed by atoms with Gasteiger partial charge < -0.3 is 14.9 Å². The average Bonchev–Trinajstić information content (AvgIpc) is 2.41. The van der Waals surface area contributed by atoms with E-state index in [1.807, 2.05) is 0 Å². The Morgan fingerprint density at radius 1 is 1.50 bits per heavy atom. The van der Waals surface area contributed by atoms with E-state index in [2.05, 4.69) is 12.2 Å². The summed E-state index contributed by atoms with van der Waals surface area (Å²) in [5, 5.41) is 17.7. The Kier molecular flexibility index (Phi) is 3.07. The van der Waals surface area contributed by atoms with Gasteiger partial charge in [0.2, 0.25) is 5.05 Å². The molecule has 76 valence electrons. The van der Waals surface area contributed by atoms with Crippen LogP contribution in [-0.4, -0.2) is 28.3 Å². The van der Waals surface area contributed by atoms with Crippen molar-refractivity contribution < 1.29 is 19.7 Å². The van der Waals surface area contributed by atoms with Crippen LogP contribution in [0.1, 0.15) is 20.1 Å². The zero-order valence-electron chi connectivity index (χ0n) is 7.53. The van der Waals surface area contributed by atoms with Crippen LogP contribution < -0.4 is 4.74 Å². The number of aliphatic hydroxyl groups is 1. The normalized spacial score (nSPS) is 9.86. The SMILES string of the molecule is COc1c(C(O)=S)sc(C)c1C(=O)O. The number of aliphatic hydroxyl groups excluding tert-OH is 1. The molecule has 0 atom stereocenters. The third-order valence-corrected chi connectivity index (χ3v) is 3.08. The molecule has 0 spiro atoms. The lowest BCUT2D eigenvalue weighted by Crippen LogP contribution is -2.01. The van der Waals surface area contributed by atoms with Crippen molar-refractivity contribution >= 4 is 34.6 Å². The van der Waals surface area contributed by atoms with Crippen molar-refractivity contribution in [2.75, 3.05) is 7.11 Å². The molecule has 0 aliphatic heterocycles. The number of hydrogen-bond acceptors (Lipinski definition) is 4. The van der Waals surface area contributed by atoms with Crippen LogP contribution >= 0.6 is 23.6 Å². The van der Waals surface area contributed by atoms with Gasteiger partial charge in [-0.15, -0.1) is 11.3 Å². The first-order chi connectivity index (χ1) is 6.49. The summed E-state index contributed by atoms with van der Waals surface area (Å²) in [5.41, 5.74) is 0.0592. The molecular formula is C8H8O4S2. The van der Waals surface area contributed by atoms with Gasteiger partial charge in [0, 0.05) is 4.88 Å². The maximum atomic E-state index is 10.8. The first kappa shape index (κ1) is 10.9. The third kappa shape index (κ3) is 1.71. The van der Waals surface area contributed by atoms with Crippen molar-refractivity contribution in [3.05, 3.63) is 15.3 Å². The smallest absolute Gasteiger partial charge is 0.340 e. The predicted molar refractivity (Wildman–Crippen MR) is 56.9 cm³/mol. The Bertz CT molecular complexity index is 394. The van der Waals surface area contributed by atoms with Crippen LogP contribution in [0.25, 0.3) is 0 Å². The van der Waals surface area contributed by atoms with Crippen molar-refractivity contribution in [1.29, 1.82) is 0 Å². The van der Waals surface area contributed by atoms with Crippen LogP contribution in [0.2, 0.25) is 0 Å². The fourth-order valence-corrected chi connectivity index (χ4v) is 2.28. The summed E-state index contributed by atoms with van der Waals surface area (Å²) in [6.45, 7) is 1.64. The molecule has 1 rings (SSSR count). The van der Waals surface area contributed by atoms with Crippen molar-refractivity contribution in [2.45, 2.75) is 6.92 Å². The fraction of sp³-hybridized carbons (Fsp3) is 0.250. The lowest BCUT2D eigenvalue weighted by Gasteiger charge is -2.01. The molecule has 0 aromatic carbocycles. The van der Waals surface area contributed by atoms with E-state index < -0.39 is 5.97 Å². The number of thiocarbonyl (C=S) groups is 1. The zero-order valence-corrected chi connectivity index (χ0v) is 9.16. The summed E-state index contributed by atoms with van der Waals surface area (Å²) < 4.78 is 4.90. The van der Waals surface area contributed by atoms with Crippen LogP contribution in [0.15, 0.2) is 0 Å². The topological polar surface area (TPSA) is 66.8 Å². The number of ether oxygens (including phenoxy) is 1. The quantitative estimate of drug-likeness (QED) is 0.780. The van der Waals surface area contributed by atoms with Crippen LogP contribution in [0.4, 0.5) is 0 Å². The minimum atomic E-state index is -1.09. The highest BCUT2D eigenvalue weighted by Crippen LogP contribution is 2.35. The van der Waals surface area contributed by atoms with Gasteiger partial charge in [0.05, 0.1) is 7.11 Å². The third-order valence-electron chi connectivity index (χ3n) is 1.65. The molecule has 4 nitrogen and oxygen atoms in total. The molecule has 6 heteroatoms. The predicted octanol–water partition coefficient (Wildman–Crippen LogP) is 2.00. The van der Waals surface area contributed by atoms with Gasteiger partial charge in [-0.1, -0.05) is 0 Å². The van der Waals surface area contributed by atoms with E-state index in [4.69, 9.17) is 14.9 Å². The maximum Gasteiger partial charge on any atom is 0.340 e. The molecular weight excluding hydrogens is 224 g/mol. The van der Waals surface area contributed by atoms with E-state index in [9.17, 15) is 4.79 Å². The summed E-state index contributed by atoms with van der Waals surface area (Å²) in [4.78, 5) is 11.7. The summed E-state index contributed by atoms with van der Waals surface area (Å²) in [5.74, 6) is -0.953. The molecule has 0 saturated heterocycles. The van der Waals surface area contributed by atoms with Crippen molar-refractivity contribution in [3.63, 3.8) is 0 Å². The number of aromatic carboxylic acids is 1. The van der Waals surface area contributed by atoms with Gasteiger partial charge in [-0.3, -0.25) is 0 Å². The van der Waals surface area contributed by atoms with Gasteiger partial charge in [0.1, 0.15) is 10.4 Å². The molecule has 0 radical (unpaired) electrons. The first-order valence-electron chi connectivity index (χ1n) is 3.63. The number of thiophene rings is 1. The highest BCUT2D eigenvalue weighted by Gasteiger charge is 2.23. The largest absolute Gasteiger partial charge is 0.498 e.